The molecule has 35 heavy (non-hydrogen) atoms. The van der Waals surface area contributed by atoms with Crippen molar-refractivity contribution in [1.82, 2.24) is 9.55 Å². The van der Waals surface area contributed by atoms with E-state index >= 15 is 0 Å². The van der Waals surface area contributed by atoms with Crippen LogP contribution in [-0.4, -0.2) is 29.5 Å². The van der Waals surface area contributed by atoms with Crippen molar-refractivity contribution in [2.75, 3.05) is 6.61 Å². The second-order valence-electron chi connectivity index (χ2n) is 7.79. The zero-order valence-corrected chi connectivity index (χ0v) is 19.8. The SMILES string of the molecule is Cc1ccc(S(=O)(=O)OCCn2c([N+](=O)[O-])cnc2/C=C/c2ccc(-c3ccccc3)cc2)cc1. The number of nitro groups is 1. The van der Waals surface area contributed by atoms with E-state index in [4.69, 9.17) is 4.18 Å². The Hall–Kier alpha value is -4.08. The van der Waals surface area contributed by atoms with Gasteiger partial charge in [-0.15, -0.1) is 0 Å². The third-order valence-electron chi connectivity index (χ3n) is 5.36. The van der Waals surface area contributed by atoms with Crippen LogP contribution in [0.4, 0.5) is 5.82 Å². The van der Waals surface area contributed by atoms with Crippen LogP contribution in [0.3, 0.4) is 0 Å². The summed E-state index contributed by atoms with van der Waals surface area (Å²) in [7, 11) is -3.98. The van der Waals surface area contributed by atoms with Crippen molar-refractivity contribution in [1.29, 1.82) is 0 Å². The zero-order valence-electron chi connectivity index (χ0n) is 18.9. The molecule has 0 saturated carbocycles. The average molecular weight is 490 g/mol. The number of rotatable bonds is 9. The topological polar surface area (TPSA) is 104 Å². The summed E-state index contributed by atoms with van der Waals surface area (Å²) < 4.78 is 31.3. The van der Waals surface area contributed by atoms with E-state index in [9.17, 15) is 18.5 Å². The van der Waals surface area contributed by atoms with Gasteiger partial charge in [0.1, 0.15) is 19.3 Å². The smallest absolute Gasteiger partial charge is 0.343 e. The van der Waals surface area contributed by atoms with Crippen molar-refractivity contribution in [3.8, 4) is 11.1 Å². The van der Waals surface area contributed by atoms with E-state index in [0.717, 1.165) is 28.5 Å². The van der Waals surface area contributed by atoms with Gasteiger partial charge in [-0.3, -0.25) is 4.18 Å². The fraction of sp³-hybridized carbons (Fsp3) is 0.115. The number of hydrogen-bond donors (Lipinski definition) is 0. The molecule has 0 fully saturated rings. The lowest BCUT2D eigenvalue weighted by Crippen LogP contribution is -2.14. The van der Waals surface area contributed by atoms with Crippen molar-refractivity contribution < 1.29 is 17.5 Å². The molecule has 0 saturated heterocycles. The summed E-state index contributed by atoms with van der Waals surface area (Å²) in [4.78, 5) is 15.1. The van der Waals surface area contributed by atoms with Crippen LogP contribution in [0, 0.1) is 17.0 Å². The van der Waals surface area contributed by atoms with Gasteiger partial charge in [0.15, 0.2) is 0 Å². The van der Waals surface area contributed by atoms with Crippen LogP contribution >= 0.6 is 0 Å². The number of imidazole rings is 1. The molecule has 0 radical (unpaired) electrons. The number of hydrogen-bond acceptors (Lipinski definition) is 6. The van der Waals surface area contributed by atoms with E-state index < -0.39 is 15.0 Å². The quantitative estimate of drug-likeness (QED) is 0.178. The standard InChI is InChI=1S/C26H23N3O5S/c1-20-7-14-24(15-8-20)35(32,33)34-18-17-28-25(27-19-26(28)29(30)31)16-11-21-9-12-23(13-10-21)22-5-3-2-4-6-22/h2-16,19H,17-18H2,1H3/b16-11+. The summed E-state index contributed by atoms with van der Waals surface area (Å²) in [6.07, 6.45) is 4.59. The van der Waals surface area contributed by atoms with E-state index in [-0.39, 0.29) is 23.9 Å². The summed E-state index contributed by atoms with van der Waals surface area (Å²) in [6, 6.07) is 24.1. The highest BCUT2D eigenvalue weighted by Gasteiger charge is 2.21. The van der Waals surface area contributed by atoms with Gasteiger partial charge in [-0.2, -0.15) is 8.42 Å². The second-order valence-corrected chi connectivity index (χ2v) is 9.41. The summed E-state index contributed by atoms with van der Waals surface area (Å²) in [5, 5.41) is 11.5. The van der Waals surface area contributed by atoms with Gasteiger partial charge in [0.25, 0.3) is 10.1 Å². The van der Waals surface area contributed by atoms with E-state index in [2.05, 4.69) is 4.98 Å². The maximum absolute atomic E-state index is 12.4. The molecule has 0 aliphatic heterocycles. The largest absolute Gasteiger partial charge is 0.358 e. The third kappa shape index (κ3) is 5.89. The normalized spacial score (nSPS) is 11.7. The first-order valence-corrected chi connectivity index (χ1v) is 12.2. The van der Waals surface area contributed by atoms with Crippen LogP contribution in [0.25, 0.3) is 23.3 Å². The third-order valence-corrected chi connectivity index (χ3v) is 6.68. The molecule has 0 aliphatic carbocycles. The van der Waals surface area contributed by atoms with Gasteiger partial charge in [0.2, 0.25) is 5.82 Å². The second kappa shape index (κ2) is 10.5. The first kappa shape index (κ1) is 24.1. The Morgan fingerprint density at radius 1 is 0.943 bits per heavy atom. The lowest BCUT2D eigenvalue weighted by atomic mass is 10.0. The highest BCUT2D eigenvalue weighted by atomic mass is 32.2. The van der Waals surface area contributed by atoms with Crippen LogP contribution < -0.4 is 0 Å². The van der Waals surface area contributed by atoms with Crippen LogP contribution in [0.1, 0.15) is 17.0 Å². The number of aryl methyl sites for hydroxylation is 1. The van der Waals surface area contributed by atoms with Crippen LogP contribution in [0.15, 0.2) is 90.0 Å². The first-order chi connectivity index (χ1) is 16.8. The average Bonchev–Trinajstić information content (AvgIpc) is 3.27. The van der Waals surface area contributed by atoms with Crippen LogP contribution in [-0.2, 0) is 20.8 Å². The Morgan fingerprint density at radius 2 is 1.60 bits per heavy atom. The summed E-state index contributed by atoms with van der Waals surface area (Å²) in [5.74, 6) is 0.0700. The lowest BCUT2D eigenvalue weighted by molar-refractivity contribution is -0.392. The van der Waals surface area contributed by atoms with Crippen molar-refractivity contribution in [3.05, 3.63) is 112 Å². The van der Waals surface area contributed by atoms with Crippen molar-refractivity contribution in [2.24, 2.45) is 0 Å². The highest BCUT2D eigenvalue weighted by Crippen LogP contribution is 2.21. The van der Waals surface area contributed by atoms with Gasteiger partial charge in [-0.1, -0.05) is 72.3 Å². The van der Waals surface area contributed by atoms with E-state index in [1.165, 1.54) is 16.7 Å². The first-order valence-electron chi connectivity index (χ1n) is 10.8. The number of nitrogens with zero attached hydrogens (tertiary/aromatic N) is 3. The van der Waals surface area contributed by atoms with Crippen molar-refractivity contribution in [3.63, 3.8) is 0 Å². The Morgan fingerprint density at radius 3 is 2.26 bits per heavy atom. The summed E-state index contributed by atoms with van der Waals surface area (Å²) in [5.41, 5.74) is 3.99. The molecule has 4 rings (SSSR count). The molecule has 0 spiro atoms. The van der Waals surface area contributed by atoms with E-state index in [1.54, 1.807) is 24.3 Å². The van der Waals surface area contributed by atoms with Gasteiger partial charge >= 0.3 is 5.82 Å². The molecule has 3 aromatic carbocycles. The molecule has 8 nitrogen and oxygen atoms in total. The van der Waals surface area contributed by atoms with Gasteiger partial charge < -0.3 is 10.1 Å². The molecule has 178 valence electrons. The van der Waals surface area contributed by atoms with Crippen molar-refractivity contribution >= 4 is 28.1 Å². The molecule has 1 aromatic heterocycles. The Bertz CT molecular complexity index is 1440. The maximum atomic E-state index is 12.4. The van der Waals surface area contributed by atoms with E-state index in [1.807, 2.05) is 61.5 Å². The fourth-order valence-corrected chi connectivity index (χ4v) is 4.39. The minimum Gasteiger partial charge on any atom is -0.358 e. The molecular weight excluding hydrogens is 466 g/mol. The number of aromatic nitrogens is 2. The molecule has 1 heterocycles. The predicted molar refractivity (Wildman–Crippen MR) is 134 cm³/mol. The summed E-state index contributed by atoms with van der Waals surface area (Å²) in [6.45, 7) is 1.51. The van der Waals surface area contributed by atoms with Crippen LogP contribution in [0.2, 0.25) is 0 Å². The molecule has 0 amide bonds. The zero-order chi connectivity index (χ0) is 24.8. The monoisotopic (exact) mass is 489 g/mol. The van der Waals surface area contributed by atoms with Crippen LogP contribution in [0.5, 0.6) is 0 Å². The van der Waals surface area contributed by atoms with Gasteiger partial charge in [-0.25, -0.2) is 9.55 Å². The fourth-order valence-electron chi connectivity index (χ4n) is 3.49. The minimum absolute atomic E-state index is 0.0299. The molecule has 0 aliphatic rings. The van der Waals surface area contributed by atoms with Gasteiger partial charge in [-0.05, 0) is 46.7 Å². The Kier molecular flexibility index (Phi) is 7.19. The molecule has 0 N–H and O–H groups in total. The predicted octanol–water partition coefficient (Wildman–Crippen LogP) is 5.34. The molecular formula is C26H23N3O5S. The highest BCUT2D eigenvalue weighted by molar-refractivity contribution is 7.86. The number of benzene rings is 3. The Labute approximate surface area is 203 Å². The molecule has 0 unspecified atom stereocenters. The lowest BCUT2D eigenvalue weighted by Gasteiger charge is -2.06. The molecule has 0 bridgehead atoms. The molecule has 0 atom stereocenters. The van der Waals surface area contributed by atoms with E-state index in [0.29, 0.717) is 5.82 Å². The minimum atomic E-state index is -3.98. The van der Waals surface area contributed by atoms with Crippen molar-refractivity contribution in [2.45, 2.75) is 18.4 Å². The maximum Gasteiger partial charge on any atom is 0.343 e. The molecule has 4 aromatic rings. The Balaban J connectivity index is 1.48. The molecule has 9 heteroatoms. The van der Waals surface area contributed by atoms with Gasteiger partial charge in [0.05, 0.1) is 4.90 Å². The summed E-state index contributed by atoms with van der Waals surface area (Å²) >= 11 is 0. The van der Waals surface area contributed by atoms with Gasteiger partial charge in [0, 0.05) is 6.08 Å².